The SMILES string of the molecule is CN1C(=Cc2nc[n+](C)c3ncn(C)c23)N(C)c2ccccc21. The van der Waals surface area contributed by atoms with Gasteiger partial charge in [-0.25, -0.2) is 4.57 Å². The number of nitrogens with zero attached hydrogens (tertiary/aromatic N) is 6. The Morgan fingerprint density at radius 1 is 1.00 bits per heavy atom. The standard InChI is InChI=1S/C17H19N6/c1-20-11-19-17-16(20)12(18-10-21(17)2)9-15-22(3)13-7-5-6-8-14(13)23(15)4/h5-11H,1-4H3/q+1. The highest BCUT2D eigenvalue weighted by atomic mass is 15.4. The minimum Gasteiger partial charge on any atom is -0.329 e. The molecule has 6 nitrogen and oxygen atoms in total. The van der Waals surface area contributed by atoms with Crippen molar-refractivity contribution in [1.82, 2.24) is 14.5 Å². The van der Waals surface area contributed by atoms with Crippen molar-refractivity contribution in [3.05, 3.63) is 48.4 Å². The zero-order valence-electron chi connectivity index (χ0n) is 13.7. The number of imidazole rings is 1. The smallest absolute Gasteiger partial charge is 0.291 e. The molecule has 3 heterocycles. The van der Waals surface area contributed by atoms with Crippen LogP contribution >= 0.6 is 0 Å². The highest BCUT2D eigenvalue weighted by molar-refractivity contribution is 5.87. The van der Waals surface area contributed by atoms with E-state index in [1.54, 1.807) is 0 Å². The number of fused-ring (bicyclic) bond motifs is 2. The fourth-order valence-electron chi connectivity index (χ4n) is 3.16. The van der Waals surface area contributed by atoms with Gasteiger partial charge in [-0.3, -0.25) is 0 Å². The number of aromatic nitrogens is 4. The van der Waals surface area contributed by atoms with Gasteiger partial charge < -0.3 is 14.4 Å². The van der Waals surface area contributed by atoms with E-state index in [1.165, 1.54) is 11.4 Å². The largest absolute Gasteiger partial charge is 0.329 e. The molecule has 0 radical (unpaired) electrons. The topological polar surface area (TPSA) is 41.1 Å². The second kappa shape index (κ2) is 4.81. The number of hydrogen-bond acceptors (Lipinski definition) is 4. The van der Waals surface area contributed by atoms with Crippen molar-refractivity contribution in [2.24, 2.45) is 14.1 Å². The van der Waals surface area contributed by atoms with Gasteiger partial charge in [0.05, 0.1) is 18.4 Å². The van der Waals surface area contributed by atoms with E-state index in [-0.39, 0.29) is 0 Å². The molecule has 0 aliphatic carbocycles. The maximum absolute atomic E-state index is 4.61. The van der Waals surface area contributed by atoms with Gasteiger partial charge in [-0.15, -0.1) is 4.98 Å². The maximum Gasteiger partial charge on any atom is 0.291 e. The maximum atomic E-state index is 4.61. The number of aryl methyl sites for hydroxylation is 2. The predicted octanol–water partition coefficient (Wildman–Crippen LogP) is 1.68. The van der Waals surface area contributed by atoms with Crippen LogP contribution in [0.3, 0.4) is 0 Å². The number of para-hydroxylation sites is 2. The Morgan fingerprint density at radius 2 is 1.65 bits per heavy atom. The van der Waals surface area contributed by atoms with E-state index < -0.39 is 0 Å². The van der Waals surface area contributed by atoms with Gasteiger partial charge in [0.1, 0.15) is 5.82 Å². The molecule has 1 aliphatic heterocycles. The molecule has 0 bridgehead atoms. The summed E-state index contributed by atoms with van der Waals surface area (Å²) in [4.78, 5) is 13.4. The molecule has 1 aliphatic rings. The molecular weight excluding hydrogens is 288 g/mol. The number of rotatable bonds is 1. The van der Waals surface area contributed by atoms with E-state index in [0.717, 1.165) is 22.7 Å². The first-order valence-electron chi connectivity index (χ1n) is 7.52. The first-order valence-corrected chi connectivity index (χ1v) is 7.52. The molecule has 116 valence electrons. The average molecular weight is 307 g/mol. The van der Waals surface area contributed by atoms with E-state index in [9.17, 15) is 0 Å². The van der Waals surface area contributed by atoms with Crippen LogP contribution in [0.4, 0.5) is 11.4 Å². The Hall–Kier alpha value is -2.89. The second-order valence-corrected chi connectivity index (χ2v) is 5.88. The van der Waals surface area contributed by atoms with Crippen molar-refractivity contribution < 1.29 is 4.57 Å². The van der Waals surface area contributed by atoms with Crippen LogP contribution in [0.25, 0.3) is 17.2 Å². The lowest BCUT2D eigenvalue weighted by atomic mass is 10.3. The number of benzene rings is 1. The molecular formula is C17H19N6+. The van der Waals surface area contributed by atoms with E-state index in [2.05, 4.69) is 64.2 Å². The summed E-state index contributed by atoms with van der Waals surface area (Å²) in [6.07, 6.45) is 5.75. The Bertz CT molecular complexity index is 908. The zero-order valence-corrected chi connectivity index (χ0v) is 13.7. The van der Waals surface area contributed by atoms with Gasteiger partial charge in [-0.05, 0) is 12.1 Å². The molecule has 1 aromatic carbocycles. The molecule has 4 rings (SSSR count). The van der Waals surface area contributed by atoms with E-state index in [4.69, 9.17) is 0 Å². The van der Waals surface area contributed by atoms with Crippen LogP contribution < -0.4 is 14.4 Å². The summed E-state index contributed by atoms with van der Waals surface area (Å²) in [6, 6.07) is 8.38. The molecule has 0 spiro atoms. The molecule has 0 atom stereocenters. The lowest BCUT2D eigenvalue weighted by Gasteiger charge is -2.17. The van der Waals surface area contributed by atoms with Crippen LogP contribution in [-0.4, -0.2) is 28.6 Å². The third kappa shape index (κ3) is 1.91. The molecule has 0 amide bonds. The molecule has 0 saturated heterocycles. The van der Waals surface area contributed by atoms with Crippen molar-refractivity contribution in [2.45, 2.75) is 0 Å². The number of anilines is 2. The van der Waals surface area contributed by atoms with Crippen LogP contribution in [-0.2, 0) is 14.1 Å². The van der Waals surface area contributed by atoms with Crippen LogP contribution in [0.1, 0.15) is 5.69 Å². The van der Waals surface area contributed by atoms with Crippen molar-refractivity contribution in [2.75, 3.05) is 23.9 Å². The third-order valence-electron chi connectivity index (χ3n) is 4.42. The van der Waals surface area contributed by atoms with Gasteiger partial charge in [-0.1, -0.05) is 17.1 Å². The van der Waals surface area contributed by atoms with Crippen LogP contribution in [0.5, 0.6) is 0 Å². The fourth-order valence-corrected chi connectivity index (χ4v) is 3.16. The number of hydrogen-bond donors (Lipinski definition) is 0. The predicted molar refractivity (Wildman–Crippen MR) is 90.9 cm³/mol. The van der Waals surface area contributed by atoms with E-state index >= 15 is 0 Å². The van der Waals surface area contributed by atoms with Crippen LogP contribution in [0.2, 0.25) is 0 Å². The molecule has 6 heteroatoms. The van der Waals surface area contributed by atoms with Gasteiger partial charge >= 0.3 is 0 Å². The summed E-state index contributed by atoms with van der Waals surface area (Å²) in [6.45, 7) is 0. The molecule has 23 heavy (non-hydrogen) atoms. The molecule has 2 aromatic heterocycles. The van der Waals surface area contributed by atoms with E-state index in [1.807, 2.05) is 35.9 Å². The van der Waals surface area contributed by atoms with Crippen molar-refractivity contribution in [1.29, 1.82) is 0 Å². The Morgan fingerprint density at radius 3 is 2.30 bits per heavy atom. The Kier molecular flexibility index (Phi) is 2.87. The van der Waals surface area contributed by atoms with Gasteiger partial charge in [0.25, 0.3) is 5.65 Å². The van der Waals surface area contributed by atoms with Crippen molar-refractivity contribution >= 4 is 28.6 Å². The Labute approximate surface area is 134 Å². The normalized spacial score (nSPS) is 13.8. The first-order chi connectivity index (χ1) is 11.1. The van der Waals surface area contributed by atoms with Gasteiger partial charge in [0, 0.05) is 27.2 Å². The minimum absolute atomic E-state index is 0.916. The third-order valence-corrected chi connectivity index (χ3v) is 4.42. The Balaban J connectivity index is 1.90. The lowest BCUT2D eigenvalue weighted by Crippen LogP contribution is -2.30. The van der Waals surface area contributed by atoms with Crippen molar-refractivity contribution in [3.63, 3.8) is 0 Å². The summed E-state index contributed by atoms with van der Waals surface area (Å²) in [5.74, 6) is 1.09. The molecule has 0 N–H and O–H groups in total. The molecule has 0 saturated carbocycles. The van der Waals surface area contributed by atoms with E-state index in [0.29, 0.717) is 0 Å². The van der Waals surface area contributed by atoms with Gasteiger partial charge in [0.2, 0.25) is 6.33 Å². The molecule has 3 aromatic rings. The van der Waals surface area contributed by atoms with Crippen LogP contribution in [0.15, 0.2) is 42.7 Å². The second-order valence-electron chi connectivity index (χ2n) is 5.88. The van der Waals surface area contributed by atoms with Gasteiger partial charge in [-0.2, -0.15) is 0 Å². The molecule has 0 fully saturated rings. The fraction of sp³-hybridized carbons (Fsp3) is 0.235. The summed E-state index contributed by atoms with van der Waals surface area (Å²) in [7, 11) is 8.12. The lowest BCUT2D eigenvalue weighted by molar-refractivity contribution is -0.649. The van der Waals surface area contributed by atoms with Crippen molar-refractivity contribution in [3.8, 4) is 0 Å². The minimum atomic E-state index is 0.916. The van der Waals surface area contributed by atoms with Crippen LogP contribution in [0, 0.1) is 0 Å². The molecule has 0 unspecified atom stereocenters. The summed E-state index contributed by atoms with van der Waals surface area (Å²) in [5, 5.41) is 0. The quantitative estimate of drug-likeness (QED) is 0.641. The summed E-state index contributed by atoms with van der Waals surface area (Å²) in [5.41, 5.74) is 5.27. The first kappa shape index (κ1) is 13.8. The van der Waals surface area contributed by atoms with Gasteiger partial charge in [0.15, 0.2) is 17.5 Å². The monoisotopic (exact) mass is 307 g/mol. The zero-order chi connectivity index (χ0) is 16.1. The summed E-state index contributed by atoms with van der Waals surface area (Å²) < 4.78 is 3.95. The summed E-state index contributed by atoms with van der Waals surface area (Å²) >= 11 is 0. The average Bonchev–Trinajstić information content (AvgIpc) is 3.05. The highest BCUT2D eigenvalue weighted by Gasteiger charge is 2.27. The highest BCUT2D eigenvalue weighted by Crippen LogP contribution is 2.39.